The number of aliphatic hydroxyl groups is 1. The molecule has 3 aromatic rings. The number of carbonyl (C=O) groups excluding carboxylic acids is 2. The first kappa shape index (κ1) is 22.6. The lowest BCUT2D eigenvalue weighted by atomic mass is 9.73. The number of methoxy groups -OCH3 is 1. The Morgan fingerprint density at radius 1 is 1.09 bits per heavy atom. The third kappa shape index (κ3) is 4.36. The van der Waals surface area contributed by atoms with Gasteiger partial charge < -0.3 is 19.6 Å². The highest BCUT2D eigenvalue weighted by Gasteiger charge is 2.54. The molecule has 5 rings (SSSR count). The molecule has 1 aromatic heterocycles. The maximum Gasteiger partial charge on any atom is 0.254 e. The topological polar surface area (TPSA) is 83.0 Å². The Morgan fingerprint density at radius 2 is 1.83 bits per heavy atom. The molecule has 7 nitrogen and oxygen atoms in total. The standard InChI is InChI=1S/C28H25N3O4/c1-35-23-4-2-3-20(15-23)6-5-19-7-9-21(10-8-19)27-24-16-30(17-26(33)31(24)25(27)18-32)28(34)22-11-13-29-14-12-22/h2-4,7-15,24-25,27,32H,16-18H2,1H3/t24-,25+,27+/m0/s1. The Morgan fingerprint density at radius 3 is 2.54 bits per heavy atom. The average Bonchev–Trinajstić information content (AvgIpc) is 2.89. The van der Waals surface area contributed by atoms with Gasteiger partial charge in [-0.1, -0.05) is 30.0 Å². The van der Waals surface area contributed by atoms with Gasteiger partial charge in [-0.2, -0.15) is 0 Å². The van der Waals surface area contributed by atoms with E-state index in [9.17, 15) is 14.7 Å². The summed E-state index contributed by atoms with van der Waals surface area (Å²) in [6.45, 7) is 0.313. The van der Waals surface area contributed by atoms with E-state index in [0.29, 0.717) is 12.1 Å². The molecule has 0 unspecified atom stereocenters. The first-order valence-electron chi connectivity index (χ1n) is 11.5. The van der Waals surface area contributed by atoms with Gasteiger partial charge in [0.05, 0.1) is 25.8 Å². The molecule has 2 aliphatic heterocycles. The van der Waals surface area contributed by atoms with Gasteiger partial charge >= 0.3 is 0 Å². The Kier molecular flexibility index (Phi) is 6.21. The molecule has 2 fully saturated rings. The fourth-order valence-corrected chi connectivity index (χ4v) is 4.97. The maximum atomic E-state index is 12.9. The summed E-state index contributed by atoms with van der Waals surface area (Å²) in [5.41, 5.74) is 3.25. The fraction of sp³-hybridized carbons (Fsp3) is 0.250. The molecule has 0 saturated carbocycles. The predicted octanol–water partition coefficient (Wildman–Crippen LogP) is 2.30. The van der Waals surface area contributed by atoms with E-state index >= 15 is 0 Å². The van der Waals surface area contributed by atoms with Crippen molar-refractivity contribution < 1.29 is 19.4 Å². The summed E-state index contributed by atoms with van der Waals surface area (Å²) in [6.07, 6.45) is 3.13. The molecule has 0 aliphatic carbocycles. The molecule has 35 heavy (non-hydrogen) atoms. The van der Waals surface area contributed by atoms with Gasteiger partial charge in [0.2, 0.25) is 5.91 Å². The number of rotatable bonds is 4. The first-order valence-corrected chi connectivity index (χ1v) is 11.5. The molecular weight excluding hydrogens is 442 g/mol. The van der Waals surface area contributed by atoms with E-state index in [1.54, 1.807) is 41.4 Å². The number of amides is 2. The minimum absolute atomic E-state index is 0.0136. The van der Waals surface area contributed by atoms with Gasteiger partial charge in [-0.3, -0.25) is 14.6 Å². The van der Waals surface area contributed by atoms with Crippen LogP contribution in [-0.2, 0) is 4.79 Å². The number of hydrogen-bond donors (Lipinski definition) is 1. The number of carbonyl (C=O) groups is 2. The van der Waals surface area contributed by atoms with Crippen molar-refractivity contribution in [3.63, 3.8) is 0 Å². The third-order valence-electron chi connectivity index (χ3n) is 6.68. The molecule has 176 valence electrons. The Hall–Kier alpha value is -4.15. The second-order valence-corrected chi connectivity index (χ2v) is 8.67. The monoisotopic (exact) mass is 467 g/mol. The summed E-state index contributed by atoms with van der Waals surface area (Å²) in [5, 5.41) is 10.0. The Bertz CT molecular complexity index is 1300. The van der Waals surface area contributed by atoms with Crippen molar-refractivity contribution in [3.8, 4) is 17.6 Å². The SMILES string of the molecule is COc1cccc(C#Cc2ccc([C@H]3[C@@H](CO)N4C(=O)CN(C(=O)c5ccncc5)C[C@@H]34)cc2)c1. The van der Waals surface area contributed by atoms with E-state index in [0.717, 1.165) is 22.4 Å². The smallest absolute Gasteiger partial charge is 0.254 e. The van der Waals surface area contributed by atoms with Crippen LogP contribution >= 0.6 is 0 Å². The number of pyridine rings is 1. The number of hydrogen-bond acceptors (Lipinski definition) is 5. The van der Waals surface area contributed by atoms with Crippen LogP contribution in [0.5, 0.6) is 5.75 Å². The van der Waals surface area contributed by atoms with Crippen LogP contribution in [0.15, 0.2) is 73.1 Å². The lowest BCUT2D eigenvalue weighted by Gasteiger charge is -2.58. The van der Waals surface area contributed by atoms with Crippen molar-refractivity contribution in [2.75, 3.05) is 26.8 Å². The number of benzene rings is 2. The van der Waals surface area contributed by atoms with Crippen molar-refractivity contribution in [2.24, 2.45) is 0 Å². The predicted molar refractivity (Wildman–Crippen MR) is 130 cm³/mol. The van der Waals surface area contributed by atoms with E-state index in [4.69, 9.17) is 4.74 Å². The lowest BCUT2D eigenvalue weighted by Crippen LogP contribution is -2.73. The number of nitrogens with zero attached hydrogens (tertiary/aromatic N) is 3. The van der Waals surface area contributed by atoms with Crippen LogP contribution in [-0.4, -0.2) is 70.6 Å². The second-order valence-electron chi connectivity index (χ2n) is 8.67. The van der Waals surface area contributed by atoms with Crippen LogP contribution in [0.1, 0.15) is 33.0 Å². The fourth-order valence-electron chi connectivity index (χ4n) is 4.97. The summed E-state index contributed by atoms with van der Waals surface area (Å²) < 4.78 is 5.24. The zero-order chi connectivity index (χ0) is 24.4. The van der Waals surface area contributed by atoms with Crippen LogP contribution in [0.2, 0.25) is 0 Å². The molecule has 2 saturated heterocycles. The quantitative estimate of drug-likeness (QED) is 0.596. The lowest BCUT2D eigenvalue weighted by molar-refractivity contribution is -0.159. The number of piperazine rings is 1. The average molecular weight is 468 g/mol. The third-order valence-corrected chi connectivity index (χ3v) is 6.68. The summed E-state index contributed by atoms with van der Waals surface area (Å²) >= 11 is 0. The van der Waals surface area contributed by atoms with E-state index in [2.05, 4.69) is 16.8 Å². The van der Waals surface area contributed by atoms with Gasteiger partial charge in [-0.05, 0) is 48.0 Å². The van der Waals surface area contributed by atoms with E-state index in [1.807, 2.05) is 48.5 Å². The van der Waals surface area contributed by atoms with Crippen molar-refractivity contribution in [1.82, 2.24) is 14.8 Å². The summed E-state index contributed by atoms with van der Waals surface area (Å²) in [4.78, 5) is 33.1. The van der Waals surface area contributed by atoms with Gasteiger partial charge in [-0.25, -0.2) is 0 Å². The number of aromatic nitrogens is 1. The van der Waals surface area contributed by atoms with Gasteiger partial charge in [0, 0.05) is 41.5 Å². The van der Waals surface area contributed by atoms with Crippen molar-refractivity contribution in [3.05, 3.63) is 95.3 Å². The van der Waals surface area contributed by atoms with Crippen LogP contribution in [0.4, 0.5) is 0 Å². The van der Waals surface area contributed by atoms with Crippen LogP contribution < -0.4 is 4.74 Å². The highest BCUT2D eigenvalue weighted by atomic mass is 16.5. The zero-order valence-corrected chi connectivity index (χ0v) is 19.3. The summed E-state index contributed by atoms with van der Waals surface area (Å²) in [7, 11) is 1.63. The number of fused-ring (bicyclic) bond motifs is 1. The molecule has 3 atom stereocenters. The van der Waals surface area contributed by atoms with Crippen LogP contribution in [0.3, 0.4) is 0 Å². The molecule has 3 heterocycles. The molecule has 7 heteroatoms. The summed E-state index contributed by atoms with van der Waals surface area (Å²) in [6, 6.07) is 18.3. The van der Waals surface area contributed by atoms with Crippen LogP contribution in [0, 0.1) is 11.8 Å². The molecular formula is C28H25N3O4. The minimum atomic E-state index is -0.292. The Balaban J connectivity index is 1.34. The minimum Gasteiger partial charge on any atom is -0.497 e. The number of aliphatic hydroxyl groups excluding tert-OH is 1. The van der Waals surface area contributed by atoms with E-state index in [-0.39, 0.29) is 43.0 Å². The largest absolute Gasteiger partial charge is 0.497 e. The second kappa shape index (κ2) is 9.61. The van der Waals surface area contributed by atoms with Crippen molar-refractivity contribution in [2.45, 2.75) is 18.0 Å². The molecule has 0 radical (unpaired) electrons. The summed E-state index contributed by atoms with van der Waals surface area (Å²) in [5.74, 6) is 6.69. The normalized spacial score (nSPS) is 20.9. The van der Waals surface area contributed by atoms with E-state index in [1.165, 1.54) is 0 Å². The Labute approximate surface area is 204 Å². The molecule has 0 spiro atoms. The molecule has 2 aliphatic rings. The highest BCUT2D eigenvalue weighted by molar-refractivity contribution is 5.97. The van der Waals surface area contributed by atoms with Gasteiger partial charge in [0.1, 0.15) is 12.3 Å². The molecule has 2 aromatic carbocycles. The molecule has 2 amide bonds. The van der Waals surface area contributed by atoms with Crippen LogP contribution in [0.25, 0.3) is 0 Å². The van der Waals surface area contributed by atoms with Gasteiger partial charge in [-0.15, -0.1) is 0 Å². The maximum absolute atomic E-state index is 12.9. The molecule has 0 bridgehead atoms. The molecule has 1 N–H and O–H groups in total. The van der Waals surface area contributed by atoms with Gasteiger partial charge in [0.15, 0.2) is 0 Å². The van der Waals surface area contributed by atoms with Crippen molar-refractivity contribution in [1.29, 1.82) is 0 Å². The zero-order valence-electron chi connectivity index (χ0n) is 19.3. The van der Waals surface area contributed by atoms with Gasteiger partial charge in [0.25, 0.3) is 5.91 Å². The van der Waals surface area contributed by atoms with Crippen molar-refractivity contribution >= 4 is 11.8 Å². The first-order chi connectivity index (χ1) is 17.1. The highest BCUT2D eigenvalue weighted by Crippen LogP contribution is 2.43. The van der Waals surface area contributed by atoms with E-state index < -0.39 is 0 Å². The number of ether oxygens (including phenoxy) is 1.